The second-order valence-corrected chi connectivity index (χ2v) is 4.00. The van der Waals surface area contributed by atoms with Crippen LogP contribution in [0.1, 0.15) is 12.7 Å². The largest absolute Gasteiger partial charge is 0.344 e. The van der Waals surface area contributed by atoms with Crippen molar-refractivity contribution in [2.45, 2.75) is 19.4 Å². The minimum absolute atomic E-state index is 0.609. The molecule has 13 heavy (non-hydrogen) atoms. The molecule has 1 saturated heterocycles. The Hall–Kier alpha value is -0.680. The molecule has 0 unspecified atom stereocenters. The summed E-state index contributed by atoms with van der Waals surface area (Å²) in [6.45, 7) is 4.21. The Labute approximate surface area is 82.1 Å². The van der Waals surface area contributed by atoms with Crippen LogP contribution in [0.2, 0.25) is 0 Å². The smallest absolute Gasteiger partial charge is 0.205 e. The van der Waals surface area contributed by atoms with Crippen molar-refractivity contribution in [2.24, 2.45) is 0 Å². The number of anilines is 1. The molecule has 5 heteroatoms. The number of aryl methyl sites for hydroxylation is 1. The normalized spacial score (nSPS) is 17.1. The van der Waals surface area contributed by atoms with Crippen LogP contribution >= 0.6 is 11.5 Å². The van der Waals surface area contributed by atoms with E-state index in [0.717, 1.165) is 30.5 Å². The van der Waals surface area contributed by atoms with Gasteiger partial charge in [-0.2, -0.15) is 4.37 Å². The van der Waals surface area contributed by atoms with Gasteiger partial charge in [-0.05, 0) is 0 Å². The first-order valence-electron chi connectivity index (χ1n) is 4.57. The van der Waals surface area contributed by atoms with Gasteiger partial charge >= 0.3 is 0 Å². The molecular weight excluding hydrogens is 184 g/mol. The number of nitrogens with one attached hydrogen (secondary N) is 1. The lowest BCUT2D eigenvalue weighted by atomic mass is 10.2. The van der Waals surface area contributed by atoms with E-state index < -0.39 is 0 Å². The molecule has 2 heterocycles. The molecule has 0 saturated carbocycles. The molecular formula is C8H14N4S. The molecule has 0 amide bonds. The lowest BCUT2D eigenvalue weighted by Gasteiger charge is -2.35. The van der Waals surface area contributed by atoms with Crippen molar-refractivity contribution in [3.8, 4) is 0 Å². The molecule has 1 fully saturated rings. The van der Waals surface area contributed by atoms with Crippen LogP contribution in [0.5, 0.6) is 0 Å². The number of hydrogen-bond donors (Lipinski definition) is 1. The predicted octanol–water partition coefficient (Wildman–Crippen LogP) is 0.508. The average molecular weight is 198 g/mol. The highest BCUT2D eigenvalue weighted by Gasteiger charge is 2.23. The summed E-state index contributed by atoms with van der Waals surface area (Å²) in [4.78, 5) is 6.65. The second kappa shape index (κ2) is 3.59. The van der Waals surface area contributed by atoms with Crippen LogP contribution in [0, 0.1) is 0 Å². The Morgan fingerprint density at radius 1 is 1.62 bits per heavy atom. The highest BCUT2D eigenvalue weighted by Crippen LogP contribution is 2.19. The highest BCUT2D eigenvalue weighted by molar-refractivity contribution is 7.09. The van der Waals surface area contributed by atoms with Gasteiger partial charge in [-0.3, -0.25) is 0 Å². The van der Waals surface area contributed by atoms with Crippen molar-refractivity contribution < 1.29 is 0 Å². The van der Waals surface area contributed by atoms with E-state index in [1.54, 1.807) is 0 Å². The lowest BCUT2D eigenvalue weighted by Crippen LogP contribution is -2.56. The van der Waals surface area contributed by atoms with Crippen molar-refractivity contribution >= 4 is 16.7 Å². The topological polar surface area (TPSA) is 41.1 Å². The zero-order chi connectivity index (χ0) is 9.26. The van der Waals surface area contributed by atoms with Crippen molar-refractivity contribution in [1.82, 2.24) is 14.7 Å². The van der Waals surface area contributed by atoms with E-state index in [1.807, 2.05) is 0 Å². The fraction of sp³-hybridized carbons (Fsp3) is 0.750. The first kappa shape index (κ1) is 8.90. The fourth-order valence-corrected chi connectivity index (χ4v) is 2.02. The summed E-state index contributed by atoms with van der Waals surface area (Å²) < 4.78 is 4.27. The Bertz CT molecular complexity index is 281. The van der Waals surface area contributed by atoms with Gasteiger partial charge in [0.15, 0.2) is 0 Å². The number of nitrogens with zero attached hydrogens (tertiary/aromatic N) is 3. The average Bonchev–Trinajstić information content (AvgIpc) is 2.48. The summed E-state index contributed by atoms with van der Waals surface area (Å²) >= 11 is 1.50. The number of likely N-dealkylation sites (N-methyl/N-ethyl adjacent to an activating group) is 1. The molecule has 4 nitrogen and oxygen atoms in total. The number of hydrogen-bond acceptors (Lipinski definition) is 5. The van der Waals surface area contributed by atoms with E-state index >= 15 is 0 Å². The van der Waals surface area contributed by atoms with Crippen LogP contribution in [0.4, 0.5) is 5.13 Å². The lowest BCUT2D eigenvalue weighted by molar-refractivity contribution is 0.428. The van der Waals surface area contributed by atoms with Crippen LogP contribution in [0.25, 0.3) is 0 Å². The van der Waals surface area contributed by atoms with Crippen molar-refractivity contribution in [1.29, 1.82) is 0 Å². The molecule has 1 N–H and O–H groups in total. The van der Waals surface area contributed by atoms with Crippen LogP contribution in [-0.4, -0.2) is 35.5 Å². The van der Waals surface area contributed by atoms with E-state index in [4.69, 9.17) is 0 Å². The predicted molar refractivity (Wildman–Crippen MR) is 54.3 cm³/mol. The minimum atomic E-state index is 0.609. The van der Waals surface area contributed by atoms with E-state index in [1.165, 1.54) is 11.5 Å². The number of aromatic nitrogens is 2. The Morgan fingerprint density at radius 2 is 2.38 bits per heavy atom. The summed E-state index contributed by atoms with van der Waals surface area (Å²) in [5, 5.41) is 4.29. The first-order valence-corrected chi connectivity index (χ1v) is 5.34. The third-order valence-corrected chi connectivity index (χ3v) is 3.23. The maximum absolute atomic E-state index is 4.44. The summed E-state index contributed by atoms with van der Waals surface area (Å²) in [7, 11) is 2.09. The highest BCUT2D eigenvalue weighted by atomic mass is 32.1. The van der Waals surface area contributed by atoms with E-state index in [-0.39, 0.29) is 0 Å². The first-order chi connectivity index (χ1) is 6.31. The summed E-state index contributed by atoms with van der Waals surface area (Å²) in [6, 6.07) is 0.609. The summed E-state index contributed by atoms with van der Waals surface area (Å²) in [6.07, 6.45) is 0.924. The zero-order valence-corrected chi connectivity index (χ0v) is 8.77. The molecule has 0 aliphatic carbocycles. The Morgan fingerprint density at radius 3 is 2.85 bits per heavy atom. The van der Waals surface area contributed by atoms with Crippen LogP contribution in [0.3, 0.4) is 0 Å². The SMILES string of the molecule is CCc1nsc(N(C)C2CNC2)n1. The quantitative estimate of drug-likeness (QED) is 0.768. The summed E-state index contributed by atoms with van der Waals surface area (Å²) in [5.74, 6) is 0.958. The van der Waals surface area contributed by atoms with E-state index in [2.05, 4.69) is 33.5 Å². The van der Waals surface area contributed by atoms with Gasteiger partial charge in [0.25, 0.3) is 0 Å². The maximum Gasteiger partial charge on any atom is 0.205 e. The van der Waals surface area contributed by atoms with Gasteiger partial charge in [0, 0.05) is 38.1 Å². The third kappa shape index (κ3) is 1.66. The zero-order valence-electron chi connectivity index (χ0n) is 7.95. The van der Waals surface area contributed by atoms with Gasteiger partial charge in [0.1, 0.15) is 5.82 Å². The molecule has 1 aromatic rings. The molecule has 1 aromatic heterocycles. The minimum Gasteiger partial charge on any atom is -0.344 e. The molecule has 72 valence electrons. The van der Waals surface area contributed by atoms with E-state index in [0.29, 0.717) is 6.04 Å². The standard InChI is InChI=1S/C8H14N4S/c1-3-7-10-8(13-11-7)12(2)6-4-9-5-6/h6,9H,3-5H2,1-2H3. The van der Waals surface area contributed by atoms with Crippen molar-refractivity contribution in [3.05, 3.63) is 5.82 Å². The molecule has 0 radical (unpaired) electrons. The maximum atomic E-state index is 4.44. The van der Waals surface area contributed by atoms with Crippen molar-refractivity contribution in [2.75, 3.05) is 25.0 Å². The van der Waals surface area contributed by atoms with Gasteiger partial charge in [-0.15, -0.1) is 0 Å². The summed E-state index contributed by atoms with van der Waals surface area (Å²) in [5.41, 5.74) is 0. The van der Waals surface area contributed by atoms with Gasteiger partial charge in [-0.1, -0.05) is 6.92 Å². The number of rotatable bonds is 3. The molecule has 0 bridgehead atoms. The molecule has 0 aromatic carbocycles. The van der Waals surface area contributed by atoms with E-state index in [9.17, 15) is 0 Å². The van der Waals surface area contributed by atoms with Crippen LogP contribution in [-0.2, 0) is 6.42 Å². The van der Waals surface area contributed by atoms with Gasteiger partial charge in [0.05, 0.1) is 6.04 Å². The second-order valence-electron chi connectivity index (χ2n) is 3.27. The van der Waals surface area contributed by atoms with Crippen LogP contribution < -0.4 is 10.2 Å². The Balaban J connectivity index is 2.05. The fourth-order valence-electron chi connectivity index (χ4n) is 1.24. The molecule has 2 rings (SSSR count). The molecule has 1 aliphatic rings. The van der Waals surface area contributed by atoms with Gasteiger partial charge in [-0.25, -0.2) is 4.98 Å². The Kier molecular flexibility index (Phi) is 2.46. The molecule has 1 aliphatic heterocycles. The van der Waals surface area contributed by atoms with Crippen LogP contribution in [0.15, 0.2) is 0 Å². The monoisotopic (exact) mass is 198 g/mol. The van der Waals surface area contributed by atoms with Gasteiger partial charge in [0.2, 0.25) is 5.13 Å². The van der Waals surface area contributed by atoms with Crippen molar-refractivity contribution in [3.63, 3.8) is 0 Å². The van der Waals surface area contributed by atoms with Gasteiger partial charge < -0.3 is 10.2 Å². The molecule has 0 spiro atoms. The molecule has 0 atom stereocenters. The third-order valence-electron chi connectivity index (χ3n) is 2.38.